The van der Waals surface area contributed by atoms with Gasteiger partial charge in [-0.3, -0.25) is 30.2 Å². The predicted octanol–water partition coefficient (Wildman–Crippen LogP) is 1.56. The molecule has 0 unspecified atom stereocenters. The standard InChI is InChI=1S/C20H26N4O3/c1-12(17(25)23-24-18(26)16-2-4-21-5-3-16)22-19(27)20-9-13-6-14(10-20)8-15(7-13)11-20/h2-5,12-15H,6-11H2,1H3,(H,22,27)(H,23,25)(H,24,26)/t12-,13?,14?,15?,20?/m1/s1. The minimum atomic E-state index is -0.705. The molecule has 0 aliphatic heterocycles. The molecular formula is C20H26N4O3. The van der Waals surface area contributed by atoms with Crippen molar-refractivity contribution in [2.75, 3.05) is 0 Å². The van der Waals surface area contributed by atoms with Crippen LogP contribution in [-0.2, 0) is 9.59 Å². The number of nitrogens with one attached hydrogen (secondary N) is 3. The van der Waals surface area contributed by atoms with Gasteiger partial charge in [0.05, 0.1) is 0 Å². The third kappa shape index (κ3) is 3.55. The van der Waals surface area contributed by atoms with Gasteiger partial charge in [-0.25, -0.2) is 0 Å². The average molecular weight is 370 g/mol. The summed E-state index contributed by atoms with van der Waals surface area (Å²) in [5.41, 5.74) is 4.87. The van der Waals surface area contributed by atoms with Crippen LogP contribution in [0.5, 0.6) is 0 Å². The Morgan fingerprint density at radius 2 is 1.56 bits per heavy atom. The Morgan fingerprint density at radius 3 is 2.11 bits per heavy atom. The fourth-order valence-corrected chi connectivity index (χ4v) is 5.61. The van der Waals surface area contributed by atoms with Crippen LogP contribution in [0, 0.1) is 23.2 Å². The van der Waals surface area contributed by atoms with Gasteiger partial charge in [-0.2, -0.15) is 0 Å². The quantitative estimate of drug-likeness (QED) is 0.700. The molecule has 4 bridgehead atoms. The fraction of sp³-hybridized carbons (Fsp3) is 0.600. The lowest BCUT2D eigenvalue weighted by atomic mass is 9.49. The third-order valence-electron chi connectivity index (χ3n) is 6.50. The molecule has 0 aromatic carbocycles. The third-order valence-corrected chi connectivity index (χ3v) is 6.50. The van der Waals surface area contributed by atoms with E-state index in [1.165, 1.54) is 31.7 Å². The molecule has 1 aromatic heterocycles. The van der Waals surface area contributed by atoms with E-state index in [0.717, 1.165) is 19.3 Å². The van der Waals surface area contributed by atoms with E-state index in [1.807, 2.05) is 0 Å². The van der Waals surface area contributed by atoms with Crippen molar-refractivity contribution in [1.82, 2.24) is 21.2 Å². The first-order valence-corrected chi connectivity index (χ1v) is 9.76. The van der Waals surface area contributed by atoms with Crippen molar-refractivity contribution in [3.63, 3.8) is 0 Å². The van der Waals surface area contributed by atoms with Crippen LogP contribution in [0.4, 0.5) is 0 Å². The van der Waals surface area contributed by atoms with Gasteiger partial charge in [-0.15, -0.1) is 0 Å². The smallest absolute Gasteiger partial charge is 0.269 e. The number of carbonyl (C=O) groups is 3. The van der Waals surface area contributed by atoms with Gasteiger partial charge in [0.15, 0.2) is 0 Å². The number of rotatable bonds is 4. The van der Waals surface area contributed by atoms with E-state index in [4.69, 9.17) is 0 Å². The van der Waals surface area contributed by atoms with Gasteiger partial charge in [0, 0.05) is 23.4 Å². The molecule has 3 N–H and O–H groups in total. The van der Waals surface area contributed by atoms with Crippen molar-refractivity contribution >= 4 is 17.7 Å². The zero-order chi connectivity index (χ0) is 19.0. The minimum Gasteiger partial charge on any atom is -0.344 e. The van der Waals surface area contributed by atoms with E-state index >= 15 is 0 Å². The molecule has 0 radical (unpaired) electrons. The summed E-state index contributed by atoms with van der Waals surface area (Å²) in [5.74, 6) is 1.16. The van der Waals surface area contributed by atoms with Gasteiger partial charge < -0.3 is 5.32 Å². The van der Waals surface area contributed by atoms with Crippen molar-refractivity contribution in [3.05, 3.63) is 30.1 Å². The number of hydrogen-bond acceptors (Lipinski definition) is 4. The lowest BCUT2D eigenvalue weighted by Crippen LogP contribution is -2.57. The summed E-state index contributed by atoms with van der Waals surface area (Å²) in [6, 6.07) is 2.41. The molecule has 27 heavy (non-hydrogen) atoms. The summed E-state index contributed by atoms with van der Waals surface area (Å²) < 4.78 is 0. The highest BCUT2D eigenvalue weighted by Crippen LogP contribution is 2.60. The van der Waals surface area contributed by atoms with E-state index in [-0.39, 0.29) is 11.3 Å². The Morgan fingerprint density at radius 1 is 1.00 bits per heavy atom. The van der Waals surface area contributed by atoms with Crippen LogP contribution in [0.25, 0.3) is 0 Å². The Labute approximate surface area is 158 Å². The van der Waals surface area contributed by atoms with Crippen LogP contribution >= 0.6 is 0 Å². The van der Waals surface area contributed by atoms with Gasteiger partial charge in [0.1, 0.15) is 6.04 Å². The molecule has 7 nitrogen and oxygen atoms in total. The molecule has 4 fully saturated rings. The molecule has 4 aliphatic carbocycles. The summed E-state index contributed by atoms with van der Waals surface area (Å²) in [4.78, 5) is 41.1. The Kier molecular flexibility index (Phi) is 4.61. The Bertz CT molecular complexity index is 714. The van der Waals surface area contributed by atoms with Crippen molar-refractivity contribution in [2.24, 2.45) is 23.2 Å². The van der Waals surface area contributed by atoms with E-state index in [0.29, 0.717) is 23.3 Å². The molecule has 4 aliphatic rings. The van der Waals surface area contributed by atoms with Crippen molar-refractivity contribution < 1.29 is 14.4 Å². The number of aromatic nitrogens is 1. The zero-order valence-corrected chi connectivity index (χ0v) is 15.5. The number of pyridine rings is 1. The second-order valence-electron chi connectivity index (χ2n) is 8.57. The van der Waals surface area contributed by atoms with Gasteiger partial charge >= 0.3 is 0 Å². The summed E-state index contributed by atoms with van der Waals surface area (Å²) >= 11 is 0. The maximum absolute atomic E-state index is 13.0. The van der Waals surface area contributed by atoms with Crippen LogP contribution < -0.4 is 16.2 Å². The minimum absolute atomic E-state index is 0.00436. The normalized spacial score (nSPS) is 31.8. The molecule has 1 aromatic rings. The Hall–Kier alpha value is -2.44. The van der Waals surface area contributed by atoms with Crippen molar-refractivity contribution in [1.29, 1.82) is 0 Å². The Balaban J connectivity index is 1.31. The van der Waals surface area contributed by atoms with Crippen molar-refractivity contribution in [2.45, 2.75) is 51.5 Å². The SMILES string of the molecule is C[C@@H](NC(=O)C12CC3CC(CC(C3)C1)C2)C(=O)NNC(=O)c1ccncc1. The predicted molar refractivity (Wildman–Crippen MR) is 98.1 cm³/mol. The maximum Gasteiger partial charge on any atom is 0.269 e. The highest BCUT2D eigenvalue weighted by molar-refractivity contribution is 5.96. The summed E-state index contributed by atoms with van der Waals surface area (Å²) in [6.07, 6.45) is 9.68. The van der Waals surface area contributed by atoms with Crippen LogP contribution in [0.15, 0.2) is 24.5 Å². The number of nitrogens with zero attached hydrogens (tertiary/aromatic N) is 1. The lowest BCUT2D eigenvalue weighted by molar-refractivity contribution is -0.148. The van der Waals surface area contributed by atoms with E-state index < -0.39 is 17.9 Å². The van der Waals surface area contributed by atoms with Crippen LogP contribution in [0.3, 0.4) is 0 Å². The highest BCUT2D eigenvalue weighted by atomic mass is 16.2. The number of hydrazine groups is 1. The van der Waals surface area contributed by atoms with Gasteiger partial charge in [0.2, 0.25) is 5.91 Å². The largest absolute Gasteiger partial charge is 0.344 e. The summed E-state index contributed by atoms with van der Waals surface area (Å²) in [5, 5.41) is 2.89. The van der Waals surface area contributed by atoms with E-state index in [9.17, 15) is 14.4 Å². The summed E-state index contributed by atoms with van der Waals surface area (Å²) in [7, 11) is 0. The first kappa shape index (κ1) is 17.9. The number of carbonyl (C=O) groups excluding carboxylic acids is 3. The van der Waals surface area contributed by atoms with E-state index in [2.05, 4.69) is 21.2 Å². The topological polar surface area (TPSA) is 100 Å². The monoisotopic (exact) mass is 370 g/mol. The second kappa shape index (κ2) is 6.94. The molecule has 4 saturated carbocycles. The van der Waals surface area contributed by atoms with E-state index in [1.54, 1.807) is 19.1 Å². The van der Waals surface area contributed by atoms with Crippen LogP contribution in [-0.4, -0.2) is 28.7 Å². The van der Waals surface area contributed by atoms with Crippen LogP contribution in [0.2, 0.25) is 0 Å². The molecule has 7 heteroatoms. The number of amides is 3. The van der Waals surface area contributed by atoms with Gasteiger partial charge in [0.25, 0.3) is 11.8 Å². The molecule has 144 valence electrons. The maximum atomic E-state index is 13.0. The highest BCUT2D eigenvalue weighted by Gasteiger charge is 2.54. The number of hydrogen-bond donors (Lipinski definition) is 3. The molecule has 5 rings (SSSR count). The molecule has 1 atom stereocenters. The zero-order valence-electron chi connectivity index (χ0n) is 15.5. The second-order valence-corrected chi connectivity index (χ2v) is 8.57. The first-order valence-electron chi connectivity index (χ1n) is 9.76. The molecule has 3 amide bonds. The molecule has 0 saturated heterocycles. The molecule has 1 heterocycles. The molecular weight excluding hydrogens is 344 g/mol. The average Bonchev–Trinajstić information content (AvgIpc) is 2.65. The van der Waals surface area contributed by atoms with Crippen LogP contribution in [0.1, 0.15) is 55.8 Å². The molecule has 0 spiro atoms. The van der Waals surface area contributed by atoms with Crippen molar-refractivity contribution in [3.8, 4) is 0 Å². The summed E-state index contributed by atoms with van der Waals surface area (Å²) in [6.45, 7) is 1.65. The lowest BCUT2D eigenvalue weighted by Gasteiger charge is -2.55. The fourth-order valence-electron chi connectivity index (χ4n) is 5.61. The first-order chi connectivity index (χ1) is 12.9. The van der Waals surface area contributed by atoms with Gasteiger partial charge in [-0.1, -0.05) is 0 Å². The van der Waals surface area contributed by atoms with Gasteiger partial charge in [-0.05, 0) is 75.3 Å².